The molecule has 1 aromatic rings. The van der Waals surface area contributed by atoms with Crippen LogP contribution in [0.2, 0.25) is 0 Å². The van der Waals surface area contributed by atoms with Crippen molar-refractivity contribution in [2.45, 2.75) is 33.2 Å². The predicted octanol–water partition coefficient (Wildman–Crippen LogP) is 2.92. The average molecular weight is 283 g/mol. The molecule has 0 saturated heterocycles. The van der Waals surface area contributed by atoms with E-state index in [1.165, 1.54) is 11.3 Å². The summed E-state index contributed by atoms with van der Waals surface area (Å²) in [5, 5.41) is 4.32. The minimum Gasteiger partial charge on any atom is -0.397 e. The summed E-state index contributed by atoms with van der Waals surface area (Å²) in [6.07, 6.45) is 0. The van der Waals surface area contributed by atoms with Crippen molar-refractivity contribution in [3.8, 4) is 0 Å². The lowest BCUT2D eigenvalue weighted by Gasteiger charge is -2.32. The number of rotatable bonds is 6. The fourth-order valence-corrected chi connectivity index (χ4v) is 2.47. The summed E-state index contributed by atoms with van der Waals surface area (Å²) in [5.74, 6) is 0.0921. The number of nitrogens with two attached hydrogens (primary N) is 1. The van der Waals surface area contributed by atoms with Crippen molar-refractivity contribution >= 4 is 27.8 Å². The Balaban J connectivity index is 2.77. The smallest absolute Gasteiger partial charge is 0.177 e. The zero-order chi connectivity index (χ0) is 14.8. The summed E-state index contributed by atoms with van der Waals surface area (Å²) in [5.41, 5.74) is 6.54. The quantitative estimate of drug-likeness (QED) is 0.788. The van der Waals surface area contributed by atoms with E-state index < -0.39 is 0 Å². The maximum atomic E-state index is 12.0. The number of nitrogens with zero attached hydrogens (tertiary/aromatic N) is 1. The Bertz CT molecular complexity index is 450. The molecule has 0 aromatic carbocycles. The molecule has 0 aliphatic carbocycles. The van der Waals surface area contributed by atoms with Gasteiger partial charge >= 0.3 is 0 Å². The van der Waals surface area contributed by atoms with Gasteiger partial charge in [0.15, 0.2) is 5.78 Å². The molecule has 0 radical (unpaired) electrons. The zero-order valence-electron chi connectivity index (χ0n) is 12.7. The Morgan fingerprint density at radius 2 is 2.05 bits per heavy atom. The van der Waals surface area contributed by atoms with E-state index in [1.807, 2.05) is 19.9 Å². The maximum absolute atomic E-state index is 12.0. The lowest BCUT2D eigenvalue weighted by molar-refractivity contribution is 0.0944. The molecule has 0 aliphatic heterocycles. The summed E-state index contributed by atoms with van der Waals surface area (Å²) in [6, 6.07) is 1.85. The van der Waals surface area contributed by atoms with Crippen LogP contribution in [0.25, 0.3) is 0 Å². The molecule has 0 fully saturated rings. The first-order valence-corrected chi connectivity index (χ1v) is 7.31. The number of anilines is 2. The van der Waals surface area contributed by atoms with Crippen LogP contribution in [0.5, 0.6) is 0 Å². The van der Waals surface area contributed by atoms with Gasteiger partial charge in [-0.3, -0.25) is 4.79 Å². The van der Waals surface area contributed by atoms with Gasteiger partial charge in [-0.15, -0.1) is 11.3 Å². The van der Waals surface area contributed by atoms with Gasteiger partial charge in [-0.2, -0.15) is 0 Å². The van der Waals surface area contributed by atoms with Crippen molar-refractivity contribution in [2.24, 2.45) is 5.92 Å². The molecule has 0 amide bonds. The third kappa shape index (κ3) is 3.94. The second kappa shape index (κ2) is 5.92. The van der Waals surface area contributed by atoms with Crippen LogP contribution in [0.4, 0.5) is 10.7 Å². The molecule has 0 spiro atoms. The monoisotopic (exact) mass is 283 g/mol. The van der Waals surface area contributed by atoms with Crippen molar-refractivity contribution in [1.82, 2.24) is 4.90 Å². The normalized spacial score (nSPS) is 12.2. The highest BCUT2D eigenvalue weighted by atomic mass is 32.1. The van der Waals surface area contributed by atoms with E-state index >= 15 is 0 Å². The molecule has 5 heteroatoms. The molecule has 19 heavy (non-hydrogen) atoms. The standard InChI is InChI=1S/C14H25N3OS/c1-9(2)12(18)13-10(15)7-11(19-13)16-8-14(3,4)17(5)6/h7,9,16H,8,15H2,1-6H3. The molecule has 0 aliphatic rings. The highest BCUT2D eigenvalue weighted by molar-refractivity contribution is 7.18. The van der Waals surface area contributed by atoms with Crippen molar-refractivity contribution in [3.63, 3.8) is 0 Å². The highest BCUT2D eigenvalue weighted by Crippen LogP contribution is 2.31. The number of nitrogen functional groups attached to an aromatic ring is 1. The average Bonchev–Trinajstić information content (AvgIpc) is 2.66. The van der Waals surface area contributed by atoms with Crippen molar-refractivity contribution in [1.29, 1.82) is 0 Å². The first kappa shape index (κ1) is 16.0. The van der Waals surface area contributed by atoms with Gasteiger partial charge in [-0.25, -0.2) is 0 Å². The summed E-state index contributed by atoms with van der Waals surface area (Å²) < 4.78 is 0. The second-order valence-electron chi connectivity index (χ2n) is 5.97. The molecule has 1 aromatic heterocycles. The molecule has 1 heterocycles. The minimum absolute atomic E-state index is 0.0213. The number of Topliss-reactive ketones (excluding diaryl/α,β-unsaturated/α-hetero) is 1. The summed E-state index contributed by atoms with van der Waals surface area (Å²) >= 11 is 1.44. The molecule has 3 N–H and O–H groups in total. The molecule has 0 unspecified atom stereocenters. The summed E-state index contributed by atoms with van der Waals surface area (Å²) in [7, 11) is 4.11. The Morgan fingerprint density at radius 3 is 2.53 bits per heavy atom. The number of likely N-dealkylation sites (N-methyl/N-ethyl adjacent to an activating group) is 1. The third-order valence-electron chi connectivity index (χ3n) is 3.41. The van der Waals surface area contributed by atoms with Crippen LogP contribution in [0.3, 0.4) is 0 Å². The molecule has 108 valence electrons. The zero-order valence-corrected chi connectivity index (χ0v) is 13.5. The van der Waals surface area contributed by atoms with Crippen LogP contribution >= 0.6 is 11.3 Å². The van der Waals surface area contributed by atoms with E-state index in [2.05, 4.69) is 38.2 Å². The SMILES string of the molecule is CC(C)C(=O)c1sc(NCC(C)(C)N(C)C)cc1N. The fourth-order valence-electron chi connectivity index (χ4n) is 1.41. The van der Waals surface area contributed by atoms with Crippen LogP contribution in [0.1, 0.15) is 37.4 Å². The highest BCUT2D eigenvalue weighted by Gasteiger charge is 2.22. The van der Waals surface area contributed by atoms with Gasteiger partial charge in [0.25, 0.3) is 0 Å². The molecule has 1 rings (SSSR count). The molecule has 0 saturated carbocycles. The minimum atomic E-state index is -0.0213. The maximum Gasteiger partial charge on any atom is 0.177 e. The number of hydrogen-bond acceptors (Lipinski definition) is 5. The van der Waals surface area contributed by atoms with Gasteiger partial charge in [-0.1, -0.05) is 13.8 Å². The second-order valence-corrected chi connectivity index (χ2v) is 7.03. The molecule has 0 atom stereocenters. The molecule has 4 nitrogen and oxygen atoms in total. The number of carbonyl (C=O) groups is 1. The van der Waals surface area contributed by atoms with Crippen molar-refractivity contribution < 1.29 is 4.79 Å². The molecule has 0 bridgehead atoms. The number of hydrogen-bond donors (Lipinski definition) is 2. The molecular formula is C14H25N3OS. The topological polar surface area (TPSA) is 58.4 Å². The van der Waals surface area contributed by atoms with E-state index in [0.717, 1.165) is 11.5 Å². The number of ketones is 1. The van der Waals surface area contributed by atoms with Gasteiger partial charge in [-0.05, 0) is 34.0 Å². The lowest BCUT2D eigenvalue weighted by Crippen LogP contribution is -2.44. The lowest BCUT2D eigenvalue weighted by atomic mass is 10.0. The van der Waals surface area contributed by atoms with Crippen LogP contribution < -0.4 is 11.1 Å². The summed E-state index contributed by atoms with van der Waals surface area (Å²) in [6.45, 7) is 8.91. The van der Waals surface area contributed by atoms with Gasteiger partial charge in [0, 0.05) is 18.0 Å². The number of carbonyl (C=O) groups excluding carboxylic acids is 1. The van der Waals surface area contributed by atoms with Gasteiger partial charge in [0.05, 0.1) is 15.6 Å². The van der Waals surface area contributed by atoms with Gasteiger partial charge in [0.2, 0.25) is 0 Å². The van der Waals surface area contributed by atoms with Crippen LogP contribution in [-0.4, -0.2) is 36.9 Å². The summed E-state index contributed by atoms with van der Waals surface area (Å²) in [4.78, 5) is 14.8. The number of thiophene rings is 1. The first-order chi connectivity index (χ1) is 8.65. The Morgan fingerprint density at radius 1 is 1.47 bits per heavy atom. The van der Waals surface area contributed by atoms with Crippen molar-refractivity contribution in [2.75, 3.05) is 31.7 Å². The Hall–Kier alpha value is -1.07. The number of nitrogens with one attached hydrogen (secondary N) is 1. The Labute approximate surface area is 120 Å². The van der Waals surface area contributed by atoms with E-state index in [1.54, 1.807) is 0 Å². The van der Waals surface area contributed by atoms with E-state index in [-0.39, 0.29) is 17.2 Å². The first-order valence-electron chi connectivity index (χ1n) is 6.50. The van der Waals surface area contributed by atoms with Gasteiger partial charge in [0.1, 0.15) is 0 Å². The van der Waals surface area contributed by atoms with E-state index in [4.69, 9.17) is 5.73 Å². The van der Waals surface area contributed by atoms with Gasteiger partial charge < -0.3 is 16.0 Å². The van der Waals surface area contributed by atoms with Crippen molar-refractivity contribution in [3.05, 3.63) is 10.9 Å². The largest absolute Gasteiger partial charge is 0.397 e. The van der Waals surface area contributed by atoms with E-state index in [9.17, 15) is 4.79 Å². The van der Waals surface area contributed by atoms with Crippen LogP contribution in [-0.2, 0) is 0 Å². The fraction of sp³-hybridized carbons (Fsp3) is 0.643. The van der Waals surface area contributed by atoms with Crippen LogP contribution in [0, 0.1) is 5.92 Å². The third-order valence-corrected chi connectivity index (χ3v) is 4.54. The Kier molecular flexibility index (Phi) is 4.98. The predicted molar refractivity (Wildman–Crippen MR) is 84.2 cm³/mol. The van der Waals surface area contributed by atoms with E-state index in [0.29, 0.717) is 10.6 Å². The van der Waals surface area contributed by atoms with Crippen LogP contribution in [0.15, 0.2) is 6.07 Å². The molecular weight excluding hydrogens is 258 g/mol.